The maximum absolute atomic E-state index is 6.63. The van der Waals surface area contributed by atoms with E-state index in [0.29, 0.717) is 0 Å². The predicted molar refractivity (Wildman–Crippen MR) is 111 cm³/mol. The minimum Gasteiger partial charge on any atom is -1.00 e. The fraction of sp³-hybridized carbons (Fsp3) is 0.652. The van der Waals surface area contributed by atoms with Crippen LogP contribution < -0.4 is 24.8 Å². The molecule has 28 heavy (non-hydrogen) atoms. The van der Waals surface area contributed by atoms with E-state index >= 15 is 0 Å². The largest absolute Gasteiger partial charge is 3.00 e. The van der Waals surface area contributed by atoms with Crippen LogP contribution >= 0.6 is 11.8 Å². The SMILES string of the molecule is CCCCOC1(SC2=[C-]CC=C2)CC=C(C(C)(C)C)C=C1C(C)(C)C.[Cl-].[Cl-].[Ti+3]. The summed E-state index contributed by atoms with van der Waals surface area (Å²) in [5.74, 6) is 0. The van der Waals surface area contributed by atoms with Crippen LogP contribution in [0.5, 0.6) is 0 Å². The second-order valence-electron chi connectivity index (χ2n) is 9.13. The molecule has 157 valence electrons. The molecule has 1 unspecified atom stereocenters. The summed E-state index contributed by atoms with van der Waals surface area (Å²) in [4.78, 5) is 0.915. The maximum Gasteiger partial charge on any atom is 3.00 e. The molecule has 1 radical (unpaired) electrons. The van der Waals surface area contributed by atoms with Crippen molar-refractivity contribution in [2.75, 3.05) is 6.61 Å². The molecule has 0 aliphatic heterocycles. The van der Waals surface area contributed by atoms with Crippen LogP contribution in [0, 0.1) is 16.9 Å². The zero-order valence-corrected chi connectivity index (χ0v) is 22.3. The van der Waals surface area contributed by atoms with E-state index in [1.807, 2.05) is 11.8 Å². The number of hydrogen-bond acceptors (Lipinski definition) is 2. The third kappa shape index (κ3) is 8.01. The van der Waals surface area contributed by atoms with Crippen molar-refractivity contribution in [1.29, 1.82) is 0 Å². The number of thioether (sulfide) groups is 1. The minimum atomic E-state index is -0.306. The van der Waals surface area contributed by atoms with E-state index in [0.717, 1.165) is 32.3 Å². The Kier molecular flexibility index (Phi) is 13.6. The van der Waals surface area contributed by atoms with Gasteiger partial charge in [0.1, 0.15) is 4.93 Å². The molecule has 0 bridgehead atoms. The Morgan fingerprint density at radius 1 is 1.11 bits per heavy atom. The van der Waals surface area contributed by atoms with Crippen molar-refractivity contribution in [3.63, 3.8) is 0 Å². The van der Waals surface area contributed by atoms with Gasteiger partial charge in [-0.2, -0.15) is 11.0 Å². The first-order valence-electron chi connectivity index (χ1n) is 9.62. The summed E-state index contributed by atoms with van der Waals surface area (Å²) in [6, 6.07) is 0. The van der Waals surface area contributed by atoms with E-state index in [4.69, 9.17) is 4.74 Å². The summed E-state index contributed by atoms with van der Waals surface area (Å²) >= 11 is 1.86. The second-order valence-corrected chi connectivity index (χ2v) is 10.4. The Bertz CT molecular complexity index is 609. The van der Waals surface area contributed by atoms with E-state index in [-0.39, 0.29) is 62.3 Å². The molecule has 0 aromatic heterocycles. The van der Waals surface area contributed by atoms with Crippen LogP contribution in [-0.2, 0) is 26.5 Å². The van der Waals surface area contributed by atoms with Crippen molar-refractivity contribution < 1.29 is 51.3 Å². The summed E-state index contributed by atoms with van der Waals surface area (Å²) in [5, 5.41) is 0. The van der Waals surface area contributed by atoms with Crippen molar-refractivity contribution in [2.24, 2.45) is 10.8 Å². The van der Waals surface area contributed by atoms with E-state index in [2.05, 4.69) is 78.8 Å². The van der Waals surface area contributed by atoms with Gasteiger partial charge in [0, 0.05) is 13.0 Å². The summed E-state index contributed by atoms with van der Waals surface area (Å²) in [6.07, 6.45) is 16.8. The second kappa shape index (κ2) is 12.4. The molecule has 0 heterocycles. The third-order valence-electron chi connectivity index (χ3n) is 4.75. The van der Waals surface area contributed by atoms with Gasteiger partial charge in [-0.3, -0.25) is 6.08 Å². The Labute approximate surface area is 205 Å². The van der Waals surface area contributed by atoms with Crippen molar-refractivity contribution in [1.82, 2.24) is 0 Å². The molecule has 0 aromatic carbocycles. The van der Waals surface area contributed by atoms with E-state index in [9.17, 15) is 0 Å². The maximum atomic E-state index is 6.63. The molecule has 0 amide bonds. The average Bonchev–Trinajstić information content (AvgIpc) is 2.98. The van der Waals surface area contributed by atoms with Gasteiger partial charge in [-0.1, -0.05) is 67.0 Å². The molecular formula is C23H35Cl2OSTi. The van der Waals surface area contributed by atoms with Crippen LogP contribution in [0.2, 0.25) is 0 Å². The molecule has 0 saturated carbocycles. The molecule has 1 atom stereocenters. The van der Waals surface area contributed by atoms with Gasteiger partial charge < -0.3 is 29.6 Å². The molecular weight excluding hydrogens is 443 g/mol. The normalized spacial score (nSPS) is 21.6. The summed E-state index contributed by atoms with van der Waals surface area (Å²) in [7, 11) is 0. The number of rotatable bonds is 6. The van der Waals surface area contributed by atoms with Crippen LogP contribution in [0.3, 0.4) is 0 Å². The van der Waals surface area contributed by atoms with Gasteiger partial charge in [-0.15, -0.1) is 18.2 Å². The number of unbranched alkanes of at least 4 members (excludes halogenated alkanes) is 1. The van der Waals surface area contributed by atoms with Gasteiger partial charge in [0.25, 0.3) is 0 Å². The molecule has 1 nitrogen and oxygen atoms in total. The van der Waals surface area contributed by atoms with E-state index in [1.54, 1.807) is 0 Å². The van der Waals surface area contributed by atoms with Crippen molar-refractivity contribution in [2.45, 2.75) is 79.1 Å². The van der Waals surface area contributed by atoms with Crippen LogP contribution in [0.15, 0.2) is 40.4 Å². The third-order valence-corrected chi connectivity index (χ3v) is 6.08. The quantitative estimate of drug-likeness (QED) is 0.246. The first-order valence-corrected chi connectivity index (χ1v) is 10.4. The molecule has 2 aliphatic carbocycles. The fourth-order valence-electron chi connectivity index (χ4n) is 3.27. The first-order chi connectivity index (χ1) is 11.6. The van der Waals surface area contributed by atoms with Crippen LogP contribution in [0.4, 0.5) is 0 Å². The standard InChI is InChI=1S/C23H35OS.2ClH.Ti/c1-8-9-16-24-23(25-19-12-10-11-13-19)15-14-18(21(2,3)4)17-20(23)22(5,6)7;;;/h10,12,14,17H,8-9,11,15-16H2,1-7H3;2*1H;/q-1;;;+3/p-2. The number of hydrogen-bond donors (Lipinski definition) is 0. The zero-order chi connectivity index (χ0) is 18.7. The minimum absolute atomic E-state index is 0. The Hall–Kier alpha value is 0.564. The van der Waals surface area contributed by atoms with Gasteiger partial charge in [-0.25, -0.2) is 6.08 Å². The molecule has 5 heteroatoms. The van der Waals surface area contributed by atoms with Gasteiger partial charge in [0.2, 0.25) is 0 Å². The van der Waals surface area contributed by atoms with Gasteiger partial charge in [0.05, 0.1) is 0 Å². The topological polar surface area (TPSA) is 9.23 Å². The monoisotopic (exact) mass is 477 g/mol. The van der Waals surface area contributed by atoms with Crippen molar-refractivity contribution >= 4 is 11.8 Å². The Morgan fingerprint density at radius 3 is 2.21 bits per heavy atom. The summed E-state index contributed by atoms with van der Waals surface area (Å²) in [6.45, 7) is 16.9. The van der Waals surface area contributed by atoms with Gasteiger partial charge in [0.15, 0.2) is 0 Å². The summed E-state index contributed by atoms with van der Waals surface area (Å²) in [5.41, 5.74) is 3.05. The van der Waals surface area contributed by atoms with Crippen LogP contribution in [0.1, 0.15) is 74.1 Å². The summed E-state index contributed by atoms with van der Waals surface area (Å²) < 4.78 is 6.63. The van der Waals surface area contributed by atoms with E-state index < -0.39 is 0 Å². The molecule has 0 N–H and O–H groups in total. The average molecular weight is 478 g/mol. The zero-order valence-electron chi connectivity index (χ0n) is 18.4. The van der Waals surface area contributed by atoms with Crippen molar-refractivity contribution in [3.8, 4) is 0 Å². The fourth-order valence-corrected chi connectivity index (χ4v) is 4.72. The smallest absolute Gasteiger partial charge is 1.00 e. The van der Waals surface area contributed by atoms with Crippen LogP contribution in [-0.4, -0.2) is 11.5 Å². The van der Waals surface area contributed by atoms with Crippen molar-refractivity contribution in [3.05, 3.63) is 46.4 Å². The molecule has 0 spiro atoms. The Morgan fingerprint density at radius 2 is 1.75 bits per heavy atom. The van der Waals surface area contributed by atoms with E-state index in [1.165, 1.54) is 16.1 Å². The van der Waals surface area contributed by atoms with Gasteiger partial charge >= 0.3 is 21.7 Å². The molecule has 2 aliphatic rings. The predicted octanol–water partition coefficient (Wildman–Crippen LogP) is 1.23. The number of halogens is 2. The number of ether oxygens (including phenoxy) is 1. The van der Waals surface area contributed by atoms with Gasteiger partial charge in [-0.05, 0) is 28.4 Å². The molecule has 0 fully saturated rings. The first kappa shape index (κ1) is 30.8. The number of allylic oxidation sites excluding steroid dienone is 5. The van der Waals surface area contributed by atoms with Crippen LogP contribution in [0.25, 0.3) is 0 Å². The Balaban J connectivity index is 0. The molecule has 0 aromatic rings. The molecule has 2 rings (SSSR count). The molecule has 0 saturated heterocycles.